The topological polar surface area (TPSA) is 56.7 Å². The van der Waals surface area contributed by atoms with Gasteiger partial charge in [-0.1, -0.05) is 0 Å². The summed E-state index contributed by atoms with van der Waals surface area (Å²) in [5.41, 5.74) is 0.0257. The number of nitrogens with zero attached hydrogens (tertiary/aromatic N) is 3. The molecule has 0 saturated heterocycles. The van der Waals surface area contributed by atoms with Gasteiger partial charge < -0.3 is 10.0 Å². The standard InChI is InChI=1S/C15H13F2N3O2S/c1-19-5-2-6-20(15(19)22)8-9-7-18-14(23-9)10-3-4-11(16)13(21)12(10)17/h2-4,6-7,21H,5,8H2,1H3. The van der Waals surface area contributed by atoms with Gasteiger partial charge in [-0.15, -0.1) is 11.3 Å². The van der Waals surface area contributed by atoms with Crippen molar-refractivity contribution in [2.24, 2.45) is 0 Å². The molecule has 0 fully saturated rings. The van der Waals surface area contributed by atoms with Gasteiger partial charge in [0.2, 0.25) is 0 Å². The molecule has 2 heterocycles. The first kappa shape index (κ1) is 15.4. The van der Waals surface area contributed by atoms with Gasteiger partial charge in [-0.05, 0) is 18.2 Å². The number of aromatic hydroxyl groups is 1. The summed E-state index contributed by atoms with van der Waals surface area (Å²) in [7, 11) is 1.70. The van der Waals surface area contributed by atoms with Gasteiger partial charge >= 0.3 is 6.03 Å². The summed E-state index contributed by atoms with van der Waals surface area (Å²) in [4.78, 5) is 19.9. The minimum absolute atomic E-state index is 0.0257. The first-order valence-corrected chi connectivity index (χ1v) is 7.59. The third kappa shape index (κ3) is 2.89. The Labute approximate surface area is 135 Å². The van der Waals surface area contributed by atoms with E-state index in [-0.39, 0.29) is 11.6 Å². The van der Waals surface area contributed by atoms with Crippen LogP contribution in [0, 0.1) is 11.6 Å². The number of likely N-dealkylation sites (N-methyl/N-ethyl adjacent to an activating group) is 1. The van der Waals surface area contributed by atoms with Crippen molar-refractivity contribution in [1.82, 2.24) is 14.8 Å². The van der Waals surface area contributed by atoms with Gasteiger partial charge in [-0.3, -0.25) is 4.90 Å². The van der Waals surface area contributed by atoms with Crippen molar-refractivity contribution in [3.05, 3.63) is 47.1 Å². The molecule has 0 spiro atoms. The molecular formula is C15H13F2N3O2S. The zero-order valence-electron chi connectivity index (χ0n) is 12.2. The Morgan fingerprint density at radius 2 is 2.17 bits per heavy atom. The Morgan fingerprint density at radius 3 is 2.96 bits per heavy atom. The first-order chi connectivity index (χ1) is 11.0. The maximum Gasteiger partial charge on any atom is 0.324 e. The molecule has 2 aromatic rings. The van der Waals surface area contributed by atoms with Crippen molar-refractivity contribution >= 4 is 17.4 Å². The molecule has 2 amide bonds. The van der Waals surface area contributed by atoms with Gasteiger partial charge in [0.05, 0.1) is 12.1 Å². The first-order valence-electron chi connectivity index (χ1n) is 6.78. The Balaban J connectivity index is 1.84. The number of carbonyl (C=O) groups is 1. The second-order valence-electron chi connectivity index (χ2n) is 5.07. The maximum absolute atomic E-state index is 13.9. The summed E-state index contributed by atoms with van der Waals surface area (Å²) in [6, 6.07) is 2.08. The van der Waals surface area contributed by atoms with Gasteiger partial charge in [-0.25, -0.2) is 18.6 Å². The fourth-order valence-corrected chi connectivity index (χ4v) is 3.12. The summed E-state index contributed by atoms with van der Waals surface area (Å²) in [6.45, 7) is 0.871. The molecule has 0 radical (unpaired) electrons. The van der Waals surface area contributed by atoms with E-state index in [1.54, 1.807) is 18.1 Å². The maximum atomic E-state index is 13.9. The average Bonchev–Trinajstić information content (AvgIpc) is 2.98. The number of rotatable bonds is 3. The number of halogens is 2. The Kier molecular flexibility index (Phi) is 3.99. The number of carbonyl (C=O) groups excluding carboxylic acids is 1. The zero-order chi connectivity index (χ0) is 16.6. The van der Waals surface area contributed by atoms with E-state index < -0.39 is 17.4 Å². The van der Waals surface area contributed by atoms with Crippen LogP contribution in [0.15, 0.2) is 30.6 Å². The van der Waals surface area contributed by atoms with Crippen LogP contribution in [0.5, 0.6) is 5.75 Å². The molecule has 1 aromatic heterocycles. The van der Waals surface area contributed by atoms with Crippen LogP contribution < -0.4 is 0 Å². The Bertz CT molecular complexity index is 791. The van der Waals surface area contributed by atoms with E-state index in [0.717, 1.165) is 10.9 Å². The molecular weight excluding hydrogens is 324 g/mol. The number of aromatic nitrogens is 1. The lowest BCUT2D eigenvalue weighted by Gasteiger charge is -2.28. The highest BCUT2D eigenvalue weighted by atomic mass is 32.1. The van der Waals surface area contributed by atoms with Crippen LogP contribution in [-0.4, -0.2) is 39.5 Å². The second kappa shape index (κ2) is 5.96. The summed E-state index contributed by atoms with van der Waals surface area (Å²) >= 11 is 1.18. The summed E-state index contributed by atoms with van der Waals surface area (Å²) in [5.74, 6) is -3.08. The molecule has 0 saturated carbocycles. The number of phenols is 1. The fourth-order valence-electron chi connectivity index (χ4n) is 2.19. The highest BCUT2D eigenvalue weighted by Gasteiger charge is 2.21. The molecule has 1 N–H and O–H groups in total. The predicted molar refractivity (Wildman–Crippen MR) is 81.8 cm³/mol. The molecule has 5 nitrogen and oxygen atoms in total. The molecule has 3 rings (SSSR count). The van der Waals surface area contributed by atoms with Gasteiger partial charge in [0.25, 0.3) is 0 Å². The van der Waals surface area contributed by atoms with Gasteiger partial charge in [0.1, 0.15) is 5.01 Å². The van der Waals surface area contributed by atoms with E-state index in [4.69, 9.17) is 0 Å². The minimum Gasteiger partial charge on any atom is -0.503 e. The van der Waals surface area contributed by atoms with E-state index in [0.29, 0.717) is 18.1 Å². The van der Waals surface area contributed by atoms with Crippen molar-refractivity contribution in [3.63, 3.8) is 0 Å². The van der Waals surface area contributed by atoms with E-state index in [2.05, 4.69) is 4.98 Å². The van der Waals surface area contributed by atoms with Crippen LogP contribution in [0.2, 0.25) is 0 Å². The number of hydrogen-bond donors (Lipinski definition) is 1. The summed E-state index contributed by atoms with van der Waals surface area (Å²) in [6.07, 6.45) is 5.10. The van der Waals surface area contributed by atoms with Crippen molar-refractivity contribution in [3.8, 4) is 16.3 Å². The van der Waals surface area contributed by atoms with Crippen LogP contribution in [0.25, 0.3) is 10.6 Å². The van der Waals surface area contributed by atoms with Crippen LogP contribution in [0.4, 0.5) is 13.6 Å². The lowest BCUT2D eigenvalue weighted by Crippen LogP contribution is -2.40. The Morgan fingerprint density at radius 1 is 1.39 bits per heavy atom. The summed E-state index contributed by atoms with van der Waals surface area (Å²) in [5, 5.41) is 9.65. The molecule has 1 aliphatic rings. The van der Waals surface area contributed by atoms with Crippen LogP contribution in [0.3, 0.4) is 0 Å². The molecule has 1 aromatic carbocycles. The van der Waals surface area contributed by atoms with Crippen molar-refractivity contribution in [2.45, 2.75) is 6.54 Å². The zero-order valence-corrected chi connectivity index (χ0v) is 13.0. The predicted octanol–water partition coefficient (Wildman–Crippen LogP) is 3.18. The monoisotopic (exact) mass is 337 g/mol. The van der Waals surface area contributed by atoms with E-state index in [1.165, 1.54) is 28.5 Å². The molecule has 0 aliphatic carbocycles. The molecule has 0 unspecified atom stereocenters. The SMILES string of the molecule is CN1CC=CN(Cc2cnc(-c3ccc(F)c(O)c3F)s2)C1=O. The number of amides is 2. The minimum atomic E-state index is -1.04. The smallest absolute Gasteiger partial charge is 0.324 e. The van der Waals surface area contributed by atoms with E-state index >= 15 is 0 Å². The lowest BCUT2D eigenvalue weighted by molar-refractivity contribution is 0.177. The third-order valence-corrected chi connectivity index (χ3v) is 4.43. The molecule has 8 heteroatoms. The van der Waals surface area contributed by atoms with Crippen LogP contribution in [-0.2, 0) is 6.54 Å². The van der Waals surface area contributed by atoms with E-state index in [9.17, 15) is 18.7 Å². The molecule has 1 aliphatic heterocycles. The molecule has 23 heavy (non-hydrogen) atoms. The number of phenolic OH excluding ortho intramolecular Hbond substituents is 1. The quantitative estimate of drug-likeness (QED) is 0.936. The van der Waals surface area contributed by atoms with Crippen molar-refractivity contribution < 1.29 is 18.7 Å². The highest BCUT2D eigenvalue weighted by molar-refractivity contribution is 7.15. The van der Waals surface area contributed by atoms with Crippen molar-refractivity contribution in [1.29, 1.82) is 0 Å². The highest BCUT2D eigenvalue weighted by Crippen LogP contribution is 2.33. The van der Waals surface area contributed by atoms with Gasteiger partial charge in [-0.2, -0.15) is 0 Å². The van der Waals surface area contributed by atoms with Crippen LogP contribution >= 0.6 is 11.3 Å². The number of thiazole rings is 1. The van der Waals surface area contributed by atoms with Gasteiger partial charge in [0, 0.05) is 30.9 Å². The van der Waals surface area contributed by atoms with Gasteiger partial charge in [0.15, 0.2) is 17.4 Å². The molecule has 120 valence electrons. The molecule has 0 bridgehead atoms. The second-order valence-corrected chi connectivity index (χ2v) is 6.18. The fraction of sp³-hybridized carbons (Fsp3) is 0.200. The summed E-state index contributed by atoms with van der Waals surface area (Å²) < 4.78 is 27.0. The largest absolute Gasteiger partial charge is 0.503 e. The van der Waals surface area contributed by atoms with Crippen LogP contribution in [0.1, 0.15) is 4.88 Å². The Hall–Kier alpha value is -2.48. The van der Waals surface area contributed by atoms with Crippen molar-refractivity contribution in [2.75, 3.05) is 13.6 Å². The normalized spacial score (nSPS) is 14.7. The number of hydrogen-bond acceptors (Lipinski definition) is 4. The third-order valence-electron chi connectivity index (χ3n) is 3.41. The molecule has 0 atom stereocenters. The number of benzene rings is 1. The number of urea groups is 1. The van der Waals surface area contributed by atoms with E-state index in [1.807, 2.05) is 6.08 Å². The average molecular weight is 337 g/mol. The lowest BCUT2D eigenvalue weighted by atomic mass is 10.2.